The van der Waals surface area contributed by atoms with Gasteiger partial charge in [-0.05, 0) is 12.1 Å². The van der Waals surface area contributed by atoms with Crippen LogP contribution in [0.2, 0.25) is 0 Å². The van der Waals surface area contributed by atoms with Gasteiger partial charge in [-0.1, -0.05) is 18.2 Å². The monoisotopic (exact) mass is 278 g/mol. The largest absolute Gasteiger partial charge is 0.382 e. The first kappa shape index (κ1) is 13.3. The van der Waals surface area contributed by atoms with Crippen LogP contribution in [0.4, 0.5) is 11.8 Å². The molecule has 0 spiro atoms. The molecule has 0 radical (unpaired) electrons. The third kappa shape index (κ3) is 2.50. The molecule has 1 heterocycles. The summed E-state index contributed by atoms with van der Waals surface area (Å²) in [6, 6.07) is 8.06. The van der Waals surface area contributed by atoms with E-state index in [9.17, 15) is 8.42 Å². The maximum Gasteiger partial charge on any atom is 0.226 e. The van der Waals surface area contributed by atoms with Gasteiger partial charge in [-0.15, -0.1) is 0 Å². The van der Waals surface area contributed by atoms with E-state index in [0.29, 0.717) is 5.95 Å². The molecule has 100 valence electrons. The first-order valence-electron chi connectivity index (χ1n) is 5.53. The molecule has 1 aromatic heterocycles. The van der Waals surface area contributed by atoms with Crippen molar-refractivity contribution in [2.75, 3.05) is 24.7 Å². The molecule has 19 heavy (non-hydrogen) atoms. The molecule has 1 aromatic carbocycles. The van der Waals surface area contributed by atoms with E-state index in [1.165, 1.54) is 18.3 Å². The molecule has 0 saturated heterocycles. The van der Waals surface area contributed by atoms with Crippen molar-refractivity contribution in [3.8, 4) is 0 Å². The van der Waals surface area contributed by atoms with E-state index in [-0.39, 0.29) is 15.6 Å². The van der Waals surface area contributed by atoms with E-state index in [1.54, 1.807) is 37.2 Å². The molecule has 0 aliphatic rings. The number of nitrogens with two attached hydrogens (primary N) is 1. The van der Waals surface area contributed by atoms with Gasteiger partial charge in [0.1, 0.15) is 10.7 Å². The second kappa shape index (κ2) is 4.85. The zero-order valence-electron chi connectivity index (χ0n) is 10.6. The highest BCUT2D eigenvalue weighted by molar-refractivity contribution is 7.91. The van der Waals surface area contributed by atoms with Gasteiger partial charge >= 0.3 is 0 Å². The van der Waals surface area contributed by atoms with Gasteiger partial charge in [-0.25, -0.2) is 13.4 Å². The minimum Gasteiger partial charge on any atom is -0.382 e. The standard InChI is InChI=1S/C12H14N4O2S/c1-16(2)12-14-8-10(11(13)15-12)19(17,18)9-6-4-3-5-7-9/h3-8H,1-2H3,(H2,13,14,15). The lowest BCUT2D eigenvalue weighted by Gasteiger charge is -2.12. The van der Waals surface area contributed by atoms with Crippen LogP contribution in [0.5, 0.6) is 0 Å². The third-order valence-electron chi connectivity index (χ3n) is 2.51. The topological polar surface area (TPSA) is 89.2 Å². The van der Waals surface area contributed by atoms with Gasteiger partial charge in [0.05, 0.1) is 11.1 Å². The number of anilines is 2. The molecule has 2 N–H and O–H groups in total. The van der Waals surface area contributed by atoms with Crippen molar-refractivity contribution in [1.29, 1.82) is 0 Å². The maximum atomic E-state index is 12.4. The van der Waals surface area contributed by atoms with Crippen LogP contribution in [-0.2, 0) is 9.84 Å². The van der Waals surface area contributed by atoms with Crippen LogP contribution in [-0.4, -0.2) is 32.5 Å². The van der Waals surface area contributed by atoms with Crippen LogP contribution in [0.15, 0.2) is 46.3 Å². The van der Waals surface area contributed by atoms with Crippen molar-refractivity contribution in [1.82, 2.24) is 9.97 Å². The maximum absolute atomic E-state index is 12.4. The van der Waals surface area contributed by atoms with Crippen molar-refractivity contribution in [2.24, 2.45) is 0 Å². The molecule has 0 fully saturated rings. The number of nitrogens with zero attached hydrogens (tertiary/aromatic N) is 3. The zero-order chi connectivity index (χ0) is 14.0. The molecule has 0 bridgehead atoms. The van der Waals surface area contributed by atoms with E-state index in [2.05, 4.69) is 9.97 Å². The summed E-state index contributed by atoms with van der Waals surface area (Å²) in [4.78, 5) is 9.70. The Kier molecular flexibility index (Phi) is 3.39. The highest BCUT2D eigenvalue weighted by Gasteiger charge is 2.22. The van der Waals surface area contributed by atoms with Gasteiger partial charge in [0.25, 0.3) is 0 Å². The predicted octanol–water partition coefficient (Wildman–Crippen LogP) is 0.958. The van der Waals surface area contributed by atoms with E-state index >= 15 is 0 Å². The minimum absolute atomic E-state index is 0.0532. The van der Waals surface area contributed by atoms with Crippen molar-refractivity contribution < 1.29 is 8.42 Å². The van der Waals surface area contributed by atoms with Gasteiger partial charge < -0.3 is 10.6 Å². The van der Waals surface area contributed by atoms with Crippen molar-refractivity contribution in [2.45, 2.75) is 9.79 Å². The molecule has 0 aliphatic heterocycles. The van der Waals surface area contributed by atoms with E-state index in [0.717, 1.165) is 0 Å². The fraction of sp³-hybridized carbons (Fsp3) is 0.167. The SMILES string of the molecule is CN(C)c1ncc(S(=O)(=O)c2ccccc2)c(N)n1. The number of hydrogen-bond donors (Lipinski definition) is 1. The Hall–Kier alpha value is -2.15. The summed E-state index contributed by atoms with van der Waals surface area (Å²) < 4.78 is 24.7. The Morgan fingerprint density at radius 2 is 1.79 bits per heavy atom. The number of rotatable bonds is 3. The Balaban J connectivity index is 2.54. The zero-order valence-corrected chi connectivity index (χ0v) is 11.4. The van der Waals surface area contributed by atoms with Gasteiger partial charge in [0, 0.05) is 14.1 Å². The molecule has 0 saturated carbocycles. The molecule has 2 rings (SSSR count). The Labute approximate surface area is 111 Å². The summed E-state index contributed by atoms with van der Waals surface area (Å²) in [6.07, 6.45) is 1.24. The summed E-state index contributed by atoms with van der Waals surface area (Å²) >= 11 is 0. The van der Waals surface area contributed by atoms with Gasteiger partial charge in [0.2, 0.25) is 15.8 Å². The second-order valence-corrected chi connectivity index (χ2v) is 6.05. The van der Waals surface area contributed by atoms with E-state index in [4.69, 9.17) is 5.73 Å². The first-order valence-corrected chi connectivity index (χ1v) is 7.01. The van der Waals surface area contributed by atoms with Crippen LogP contribution in [0.1, 0.15) is 0 Å². The van der Waals surface area contributed by atoms with Crippen LogP contribution in [0.25, 0.3) is 0 Å². The molecule has 6 nitrogen and oxygen atoms in total. The molecule has 0 amide bonds. The average molecular weight is 278 g/mol. The minimum atomic E-state index is -3.68. The number of nitrogen functional groups attached to an aromatic ring is 1. The fourth-order valence-electron chi connectivity index (χ4n) is 1.52. The van der Waals surface area contributed by atoms with Gasteiger partial charge in [0.15, 0.2) is 0 Å². The van der Waals surface area contributed by atoms with Crippen LogP contribution in [0.3, 0.4) is 0 Å². The highest BCUT2D eigenvalue weighted by Crippen LogP contribution is 2.24. The summed E-state index contributed by atoms with van der Waals surface area (Å²) in [5, 5.41) is 0. The Morgan fingerprint density at radius 1 is 1.16 bits per heavy atom. The molecule has 7 heteroatoms. The molecule has 0 unspecified atom stereocenters. The number of hydrogen-bond acceptors (Lipinski definition) is 6. The second-order valence-electron chi connectivity index (χ2n) is 4.13. The lowest BCUT2D eigenvalue weighted by atomic mass is 10.4. The summed E-state index contributed by atoms with van der Waals surface area (Å²) in [5.74, 6) is 0.312. The molecular weight excluding hydrogens is 264 g/mol. The third-order valence-corrected chi connectivity index (χ3v) is 4.30. The average Bonchev–Trinajstić information content (AvgIpc) is 2.39. The lowest BCUT2D eigenvalue weighted by molar-refractivity contribution is 0.595. The summed E-state index contributed by atoms with van der Waals surface area (Å²) in [6.45, 7) is 0. The highest BCUT2D eigenvalue weighted by atomic mass is 32.2. The molecular formula is C12H14N4O2S. The Bertz CT molecular complexity index is 684. The normalized spacial score (nSPS) is 11.3. The van der Waals surface area contributed by atoms with Crippen molar-refractivity contribution >= 4 is 21.6 Å². The number of aromatic nitrogens is 2. The first-order chi connectivity index (χ1) is 8.93. The van der Waals surface area contributed by atoms with Crippen LogP contribution >= 0.6 is 0 Å². The van der Waals surface area contributed by atoms with Crippen molar-refractivity contribution in [3.05, 3.63) is 36.5 Å². The number of sulfone groups is 1. The summed E-state index contributed by atoms with van der Waals surface area (Å²) in [7, 11) is -0.180. The smallest absolute Gasteiger partial charge is 0.226 e. The van der Waals surface area contributed by atoms with E-state index < -0.39 is 9.84 Å². The molecule has 0 atom stereocenters. The van der Waals surface area contributed by atoms with Crippen LogP contribution < -0.4 is 10.6 Å². The number of benzene rings is 1. The van der Waals surface area contributed by atoms with Crippen molar-refractivity contribution in [3.63, 3.8) is 0 Å². The van der Waals surface area contributed by atoms with Gasteiger partial charge in [-0.2, -0.15) is 4.98 Å². The Morgan fingerprint density at radius 3 is 2.32 bits per heavy atom. The quantitative estimate of drug-likeness (QED) is 0.899. The molecule has 2 aromatic rings. The van der Waals surface area contributed by atoms with Crippen LogP contribution in [0, 0.1) is 0 Å². The van der Waals surface area contributed by atoms with Gasteiger partial charge in [-0.3, -0.25) is 0 Å². The predicted molar refractivity (Wildman–Crippen MR) is 72.7 cm³/mol. The summed E-state index contributed by atoms with van der Waals surface area (Å²) in [5.41, 5.74) is 5.73. The lowest BCUT2D eigenvalue weighted by Crippen LogP contribution is -2.15. The molecule has 0 aliphatic carbocycles. The van der Waals surface area contributed by atoms with E-state index in [1.807, 2.05) is 0 Å². The fourth-order valence-corrected chi connectivity index (χ4v) is 2.81.